The van der Waals surface area contributed by atoms with Crippen molar-refractivity contribution in [3.63, 3.8) is 0 Å². The number of rotatable bonds is 5. The van der Waals surface area contributed by atoms with Crippen molar-refractivity contribution in [3.8, 4) is 6.07 Å². The van der Waals surface area contributed by atoms with E-state index < -0.39 is 0 Å². The Hall–Kier alpha value is -1.37. The fourth-order valence-electron chi connectivity index (χ4n) is 3.30. The lowest BCUT2D eigenvalue weighted by Gasteiger charge is -2.37. The van der Waals surface area contributed by atoms with Crippen molar-refractivity contribution in [3.05, 3.63) is 35.4 Å². The average molecular weight is 283 g/mol. The van der Waals surface area contributed by atoms with Gasteiger partial charge in [0.25, 0.3) is 0 Å². The van der Waals surface area contributed by atoms with Crippen molar-refractivity contribution in [1.29, 1.82) is 5.26 Å². The summed E-state index contributed by atoms with van der Waals surface area (Å²) in [4.78, 5) is 2.30. The first-order valence-electron chi connectivity index (χ1n) is 8.14. The molecule has 112 valence electrons. The molecule has 2 unspecified atom stereocenters. The quantitative estimate of drug-likeness (QED) is 0.845. The Balaban J connectivity index is 1.66. The molecule has 2 fully saturated rings. The van der Waals surface area contributed by atoms with Crippen LogP contribution >= 0.6 is 0 Å². The zero-order chi connectivity index (χ0) is 14.7. The highest BCUT2D eigenvalue weighted by Crippen LogP contribution is 2.30. The summed E-state index contributed by atoms with van der Waals surface area (Å²) in [6.45, 7) is 5.86. The Morgan fingerprint density at radius 3 is 2.67 bits per heavy atom. The number of hydrogen-bond donors (Lipinski definition) is 1. The maximum atomic E-state index is 9.01. The molecule has 0 bridgehead atoms. The minimum absolute atomic E-state index is 0.527. The van der Waals surface area contributed by atoms with Gasteiger partial charge in [-0.3, -0.25) is 4.90 Å². The van der Waals surface area contributed by atoms with Crippen molar-refractivity contribution >= 4 is 0 Å². The van der Waals surface area contributed by atoms with Crippen LogP contribution in [0.4, 0.5) is 0 Å². The van der Waals surface area contributed by atoms with Crippen LogP contribution in [0.1, 0.15) is 36.3 Å². The second-order valence-corrected chi connectivity index (χ2v) is 6.74. The lowest BCUT2D eigenvalue weighted by Crippen LogP contribution is -2.49. The van der Waals surface area contributed by atoms with Gasteiger partial charge >= 0.3 is 0 Å². The van der Waals surface area contributed by atoms with Gasteiger partial charge in [0.2, 0.25) is 0 Å². The van der Waals surface area contributed by atoms with Gasteiger partial charge in [0.1, 0.15) is 0 Å². The van der Waals surface area contributed by atoms with E-state index >= 15 is 0 Å². The third-order valence-electron chi connectivity index (χ3n) is 4.76. The second kappa shape index (κ2) is 6.60. The van der Waals surface area contributed by atoms with Gasteiger partial charge in [0.15, 0.2) is 0 Å². The highest BCUT2D eigenvalue weighted by atomic mass is 15.2. The molecule has 21 heavy (non-hydrogen) atoms. The molecule has 1 aromatic carbocycles. The summed E-state index contributed by atoms with van der Waals surface area (Å²) in [5.41, 5.74) is 2.73. The van der Waals surface area contributed by atoms with E-state index in [0.717, 1.165) is 25.6 Å². The minimum Gasteiger partial charge on any atom is -0.312 e. The standard InChI is InChI=1S/C18H25N3/c1-14-2-6-16(7-3-14)17-10-18(20-11-15-4-5-15)13-21(12-17)9-8-19/h2-3,6-7,15,17-18,20H,4-5,9-13H2,1H3. The van der Waals surface area contributed by atoms with Crippen molar-refractivity contribution < 1.29 is 0 Å². The fourth-order valence-corrected chi connectivity index (χ4v) is 3.30. The Bertz CT molecular complexity index is 498. The Labute approximate surface area is 128 Å². The van der Waals surface area contributed by atoms with E-state index in [9.17, 15) is 0 Å². The molecule has 1 heterocycles. The van der Waals surface area contributed by atoms with E-state index in [0.29, 0.717) is 18.5 Å². The predicted molar refractivity (Wildman–Crippen MR) is 85.1 cm³/mol. The third kappa shape index (κ3) is 4.06. The number of nitrogens with one attached hydrogen (secondary N) is 1. The maximum Gasteiger partial charge on any atom is 0.0866 e. The van der Waals surface area contributed by atoms with Crippen LogP contribution in [0.15, 0.2) is 24.3 Å². The normalized spacial score (nSPS) is 26.5. The number of benzene rings is 1. The molecule has 1 aliphatic heterocycles. The van der Waals surface area contributed by atoms with Gasteiger partial charge in [0, 0.05) is 19.1 Å². The highest BCUT2D eigenvalue weighted by Gasteiger charge is 2.29. The van der Waals surface area contributed by atoms with E-state index in [1.54, 1.807) is 0 Å². The van der Waals surface area contributed by atoms with Crippen LogP contribution in [0.25, 0.3) is 0 Å². The molecule has 1 aliphatic carbocycles. The molecule has 0 radical (unpaired) electrons. The van der Waals surface area contributed by atoms with Crippen molar-refractivity contribution in [1.82, 2.24) is 10.2 Å². The van der Waals surface area contributed by atoms with Crippen molar-refractivity contribution in [2.45, 2.75) is 38.1 Å². The monoisotopic (exact) mass is 283 g/mol. The third-order valence-corrected chi connectivity index (χ3v) is 4.76. The van der Waals surface area contributed by atoms with Crippen molar-refractivity contribution in [2.75, 3.05) is 26.2 Å². The molecular weight excluding hydrogens is 258 g/mol. The molecule has 2 atom stereocenters. The minimum atomic E-state index is 0.527. The topological polar surface area (TPSA) is 39.1 Å². The van der Waals surface area contributed by atoms with Gasteiger partial charge in [-0.2, -0.15) is 5.26 Å². The summed E-state index contributed by atoms with van der Waals surface area (Å²) < 4.78 is 0. The molecule has 1 N–H and O–H groups in total. The van der Waals surface area contributed by atoms with Gasteiger partial charge in [-0.05, 0) is 50.1 Å². The van der Waals surface area contributed by atoms with Crippen LogP contribution in [0.5, 0.6) is 0 Å². The summed E-state index contributed by atoms with van der Waals surface area (Å²) in [5.74, 6) is 1.46. The number of piperidine rings is 1. The first kappa shape index (κ1) is 14.6. The van der Waals surface area contributed by atoms with Crippen LogP contribution < -0.4 is 5.32 Å². The van der Waals surface area contributed by atoms with E-state index in [1.165, 1.54) is 30.4 Å². The van der Waals surface area contributed by atoms with Crippen LogP contribution in [-0.2, 0) is 0 Å². The zero-order valence-corrected chi connectivity index (χ0v) is 12.9. The smallest absolute Gasteiger partial charge is 0.0866 e. The lowest BCUT2D eigenvalue weighted by molar-refractivity contribution is 0.188. The Morgan fingerprint density at radius 1 is 1.24 bits per heavy atom. The van der Waals surface area contributed by atoms with Gasteiger partial charge in [0.05, 0.1) is 12.6 Å². The number of hydrogen-bond acceptors (Lipinski definition) is 3. The summed E-state index contributed by atoms with van der Waals surface area (Å²) in [6.07, 6.45) is 3.98. The number of nitriles is 1. The SMILES string of the molecule is Cc1ccc(C2CC(NCC3CC3)CN(CC#N)C2)cc1. The Morgan fingerprint density at radius 2 is 2.00 bits per heavy atom. The lowest BCUT2D eigenvalue weighted by atomic mass is 9.87. The highest BCUT2D eigenvalue weighted by molar-refractivity contribution is 5.25. The fraction of sp³-hybridized carbons (Fsp3) is 0.611. The average Bonchev–Trinajstić information content (AvgIpc) is 3.30. The molecule has 1 saturated carbocycles. The zero-order valence-electron chi connectivity index (χ0n) is 12.9. The summed E-state index contributed by atoms with van der Waals surface area (Å²) in [5, 5.41) is 12.7. The Kier molecular flexibility index (Phi) is 4.57. The molecular formula is C18H25N3. The van der Waals surface area contributed by atoms with Gasteiger partial charge in [-0.25, -0.2) is 0 Å². The second-order valence-electron chi connectivity index (χ2n) is 6.74. The van der Waals surface area contributed by atoms with E-state index in [2.05, 4.69) is 47.5 Å². The van der Waals surface area contributed by atoms with Crippen molar-refractivity contribution in [2.24, 2.45) is 5.92 Å². The first-order valence-corrected chi connectivity index (χ1v) is 8.14. The molecule has 2 aliphatic rings. The van der Waals surface area contributed by atoms with Crippen LogP contribution in [-0.4, -0.2) is 37.1 Å². The van der Waals surface area contributed by atoms with Crippen LogP contribution in [0.3, 0.4) is 0 Å². The van der Waals surface area contributed by atoms with E-state index in [-0.39, 0.29) is 0 Å². The van der Waals surface area contributed by atoms with Gasteiger partial charge < -0.3 is 5.32 Å². The van der Waals surface area contributed by atoms with Crippen LogP contribution in [0.2, 0.25) is 0 Å². The molecule has 1 saturated heterocycles. The maximum absolute atomic E-state index is 9.01. The predicted octanol–water partition coefficient (Wildman–Crippen LogP) is 2.68. The molecule has 3 nitrogen and oxygen atoms in total. The summed E-state index contributed by atoms with van der Waals surface area (Å²) >= 11 is 0. The molecule has 1 aromatic rings. The number of nitrogens with zero attached hydrogens (tertiary/aromatic N) is 2. The summed E-state index contributed by atoms with van der Waals surface area (Å²) in [7, 11) is 0. The first-order chi connectivity index (χ1) is 10.2. The van der Waals surface area contributed by atoms with E-state index in [4.69, 9.17) is 5.26 Å². The number of aryl methyl sites for hydroxylation is 1. The van der Waals surface area contributed by atoms with Gasteiger partial charge in [-0.1, -0.05) is 29.8 Å². The molecule has 0 spiro atoms. The van der Waals surface area contributed by atoms with E-state index in [1.807, 2.05) is 0 Å². The van der Waals surface area contributed by atoms with Crippen LogP contribution in [0, 0.1) is 24.2 Å². The number of likely N-dealkylation sites (tertiary alicyclic amines) is 1. The molecule has 3 heteroatoms. The molecule has 0 amide bonds. The molecule has 3 rings (SSSR count). The molecule has 0 aromatic heterocycles. The van der Waals surface area contributed by atoms with Gasteiger partial charge in [-0.15, -0.1) is 0 Å². The largest absolute Gasteiger partial charge is 0.312 e. The summed E-state index contributed by atoms with van der Waals surface area (Å²) in [6, 6.07) is 11.8.